The molecule has 0 aliphatic heterocycles. The van der Waals surface area contributed by atoms with Crippen LogP contribution >= 0.6 is 11.6 Å². The van der Waals surface area contributed by atoms with Crippen LogP contribution in [0.2, 0.25) is 5.02 Å². The maximum Gasteiger partial charge on any atom is 0.179 e. The zero-order valence-electron chi connectivity index (χ0n) is 10.9. The van der Waals surface area contributed by atoms with E-state index in [1.165, 1.54) is 14.2 Å². The summed E-state index contributed by atoms with van der Waals surface area (Å²) < 4.78 is 10.5. The first-order valence-corrected chi connectivity index (χ1v) is 6.15. The normalized spacial score (nSPS) is 10.3. The van der Waals surface area contributed by atoms with Gasteiger partial charge in [-0.05, 0) is 19.0 Å². The van der Waals surface area contributed by atoms with E-state index in [0.717, 1.165) is 5.56 Å². The van der Waals surface area contributed by atoms with Gasteiger partial charge in [0.2, 0.25) is 0 Å². The summed E-state index contributed by atoms with van der Waals surface area (Å²) in [7, 11) is 3.05. The van der Waals surface area contributed by atoms with Gasteiger partial charge >= 0.3 is 0 Å². The van der Waals surface area contributed by atoms with Crippen LogP contribution in [0.25, 0.3) is 0 Å². The van der Waals surface area contributed by atoms with Gasteiger partial charge in [-0.15, -0.1) is 0 Å². The Hall–Kier alpha value is -1.26. The van der Waals surface area contributed by atoms with Crippen LogP contribution in [-0.2, 0) is 6.42 Å². The molecule has 0 spiro atoms. The summed E-state index contributed by atoms with van der Waals surface area (Å²) in [4.78, 5) is 12.0. The van der Waals surface area contributed by atoms with E-state index in [1.807, 2.05) is 6.92 Å². The Morgan fingerprint density at radius 1 is 1.33 bits per heavy atom. The van der Waals surface area contributed by atoms with E-state index in [2.05, 4.69) is 0 Å². The third kappa shape index (κ3) is 2.76. The van der Waals surface area contributed by atoms with Crippen molar-refractivity contribution in [1.82, 2.24) is 0 Å². The Morgan fingerprint density at radius 3 is 2.39 bits per heavy atom. The lowest BCUT2D eigenvalue weighted by atomic mass is 9.98. The number of hydrogen-bond donors (Lipinski definition) is 1. The standard InChI is InChI=1S/C13H18ClNO3/c1-4-8-9(11(16)5-6-15)7-10(14)13(18-3)12(8)17-2/h7H,4-6,15H2,1-3H3. The molecule has 0 radical (unpaired) electrons. The molecule has 0 fully saturated rings. The summed E-state index contributed by atoms with van der Waals surface area (Å²) in [6.07, 6.45) is 0.946. The van der Waals surface area contributed by atoms with Crippen molar-refractivity contribution in [3.8, 4) is 11.5 Å². The molecule has 0 aliphatic rings. The summed E-state index contributed by atoms with van der Waals surface area (Å²) in [5.41, 5.74) is 6.78. The minimum Gasteiger partial charge on any atom is -0.492 e. The molecule has 18 heavy (non-hydrogen) atoms. The number of carbonyl (C=O) groups is 1. The molecule has 0 amide bonds. The number of halogens is 1. The monoisotopic (exact) mass is 271 g/mol. The van der Waals surface area contributed by atoms with E-state index in [-0.39, 0.29) is 5.78 Å². The molecule has 1 aromatic rings. The topological polar surface area (TPSA) is 61.6 Å². The van der Waals surface area contributed by atoms with Crippen LogP contribution in [0.15, 0.2) is 6.07 Å². The second-order valence-corrected chi connectivity index (χ2v) is 4.17. The average Bonchev–Trinajstić information content (AvgIpc) is 2.37. The molecule has 1 aromatic carbocycles. The molecule has 4 nitrogen and oxygen atoms in total. The van der Waals surface area contributed by atoms with Crippen LogP contribution in [0, 0.1) is 0 Å². The van der Waals surface area contributed by atoms with Gasteiger partial charge in [-0.2, -0.15) is 0 Å². The maximum absolute atomic E-state index is 12.0. The van der Waals surface area contributed by atoms with Gasteiger partial charge in [0, 0.05) is 17.5 Å². The van der Waals surface area contributed by atoms with Crippen molar-refractivity contribution in [3.05, 3.63) is 22.2 Å². The lowest BCUT2D eigenvalue weighted by Crippen LogP contribution is -2.11. The molecule has 0 unspecified atom stereocenters. The highest BCUT2D eigenvalue weighted by Crippen LogP contribution is 2.40. The number of methoxy groups -OCH3 is 2. The first-order valence-electron chi connectivity index (χ1n) is 5.77. The van der Waals surface area contributed by atoms with Gasteiger partial charge in [-0.1, -0.05) is 18.5 Å². The minimum absolute atomic E-state index is 0.0304. The first-order chi connectivity index (χ1) is 8.60. The van der Waals surface area contributed by atoms with Crippen molar-refractivity contribution in [3.63, 3.8) is 0 Å². The molecule has 0 heterocycles. The SMILES string of the molecule is CCc1c(C(=O)CCN)cc(Cl)c(OC)c1OC. The molecule has 0 saturated carbocycles. The molecule has 0 bridgehead atoms. The Balaban J connectivity index is 3.44. The van der Waals surface area contributed by atoms with Gasteiger partial charge in [0.15, 0.2) is 17.3 Å². The second-order valence-electron chi connectivity index (χ2n) is 3.77. The fourth-order valence-electron chi connectivity index (χ4n) is 1.92. The second kappa shape index (κ2) is 6.61. The summed E-state index contributed by atoms with van der Waals surface area (Å²) >= 11 is 6.10. The lowest BCUT2D eigenvalue weighted by molar-refractivity contribution is 0.0984. The third-order valence-corrected chi connectivity index (χ3v) is 3.01. The third-order valence-electron chi connectivity index (χ3n) is 2.73. The maximum atomic E-state index is 12.0. The van der Waals surface area contributed by atoms with E-state index in [9.17, 15) is 4.79 Å². The van der Waals surface area contributed by atoms with Crippen LogP contribution in [0.1, 0.15) is 29.3 Å². The largest absolute Gasteiger partial charge is 0.492 e. The predicted molar refractivity (Wildman–Crippen MR) is 71.9 cm³/mol. The summed E-state index contributed by atoms with van der Waals surface area (Å²) in [5.74, 6) is 0.949. The van der Waals surface area contributed by atoms with Gasteiger partial charge in [-0.25, -0.2) is 0 Å². The Bertz CT molecular complexity index is 446. The lowest BCUT2D eigenvalue weighted by Gasteiger charge is -2.16. The summed E-state index contributed by atoms with van der Waals surface area (Å²) in [6.45, 7) is 2.26. The fraction of sp³-hybridized carbons (Fsp3) is 0.462. The molecular weight excluding hydrogens is 254 g/mol. The van der Waals surface area contributed by atoms with Crippen molar-refractivity contribution in [2.75, 3.05) is 20.8 Å². The van der Waals surface area contributed by atoms with Crippen LogP contribution in [0.5, 0.6) is 11.5 Å². The van der Waals surface area contributed by atoms with Crippen molar-refractivity contribution in [2.24, 2.45) is 5.73 Å². The fourth-order valence-corrected chi connectivity index (χ4v) is 2.19. The number of ether oxygens (including phenoxy) is 2. The molecule has 0 saturated heterocycles. The van der Waals surface area contributed by atoms with E-state index >= 15 is 0 Å². The quantitative estimate of drug-likeness (QED) is 0.808. The van der Waals surface area contributed by atoms with E-state index in [4.69, 9.17) is 26.8 Å². The van der Waals surface area contributed by atoms with E-state index in [0.29, 0.717) is 41.5 Å². The molecule has 5 heteroatoms. The van der Waals surface area contributed by atoms with Crippen LogP contribution in [0.4, 0.5) is 0 Å². The Kier molecular flexibility index (Phi) is 5.44. The smallest absolute Gasteiger partial charge is 0.179 e. The zero-order valence-corrected chi connectivity index (χ0v) is 11.6. The number of hydrogen-bond acceptors (Lipinski definition) is 4. The highest BCUT2D eigenvalue weighted by atomic mass is 35.5. The van der Waals surface area contributed by atoms with E-state index in [1.54, 1.807) is 6.07 Å². The Morgan fingerprint density at radius 2 is 1.94 bits per heavy atom. The number of carbonyl (C=O) groups excluding carboxylic acids is 1. The van der Waals surface area contributed by atoms with Crippen molar-refractivity contribution in [1.29, 1.82) is 0 Å². The minimum atomic E-state index is -0.0304. The summed E-state index contributed by atoms with van der Waals surface area (Å²) in [5, 5.41) is 0.368. The van der Waals surface area contributed by atoms with Crippen LogP contribution < -0.4 is 15.2 Å². The summed E-state index contributed by atoms with van der Waals surface area (Å²) in [6, 6.07) is 1.62. The number of Topliss-reactive ketones (excluding diaryl/α,β-unsaturated/α-hetero) is 1. The zero-order chi connectivity index (χ0) is 13.7. The number of rotatable bonds is 6. The number of ketones is 1. The van der Waals surface area contributed by atoms with Gasteiger partial charge in [0.1, 0.15) is 0 Å². The number of benzene rings is 1. The highest BCUT2D eigenvalue weighted by molar-refractivity contribution is 6.32. The van der Waals surface area contributed by atoms with Crippen molar-refractivity contribution < 1.29 is 14.3 Å². The van der Waals surface area contributed by atoms with Crippen molar-refractivity contribution in [2.45, 2.75) is 19.8 Å². The molecule has 0 aliphatic carbocycles. The predicted octanol–water partition coefficient (Wildman–Crippen LogP) is 2.45. The van der Waals surface area contributed by atoms with Gasteiger partial charge in [-0.3, -0.25) is 4.79 Å². The van der Waals surface area contributed by atoms with Crippen LogP contribution in [0.3, 0.4) is 0 Å². The van der Waals surface area contributed by atoms with Crippen LogP contribution in [-0.4, -0.2) is 26.5 Å². The highest BCUT2D eigenvalue weighted by Gasteiger charge is 2.21. The van der Waals surface area contributed by atoms with Gasteiger partial charge in [0.25, 0.3) is 0 Å². The van der Waals surface area contributed by atoms with Gasteiger partial charge < -0.3 is 15.2 Å². The van der Waals surface area contributed by atoms with Gasteiger partial charge in [0.05, 0.1) is 19.2 Å². The first kappa shape index (κ1) is 14.8. The molecule has 1 rings (SSSR count). The molecular formula is C13H18ClNO3. The average molecular weight is 272 g/mol. The van der Waals surface area contributed by atoms with E-state index < -0.39 is 0 Å². The van der Waals surface area contributed by atoms with Crippen molar-refractivity contribution >= 4 is 17.4 Å². The number of nitrogens with two attached hydrogens (primary N) is 1. The molecule has 0 atom stereocenters. The molecule has 2 N–H and O–H groups in total. The molecule has 0 aromatic heterocycles. The molecule has 100 valence electrons. The Labute approximate surface area is 112 Å².